The number of nitro groups is 1. The van der Waals surface area contributed by atoms with Crippen LogP contribution in [0.15, 0.2) is 41.4 Å². The van der Waals surface area contributed by atoms with Crippen LogP contribution in [0.3, 0.4) is 0 Å². The summed E-state index contributed by atoms with van der Waals surface area (Å²) in [6.45, 7) is 0.337. The Kier molecular flexibility index (Phi) is 3.00. The number of hydrogen-bond donors (Lipinski definition) is 4. The van der Waals surface area contributed by atoms with Crippen LogP contribution in [0.25, 0.3) is 16.5 Å². The van der Waals surface area contributed by atoms with Gasteiger partial charge in [0.15, 0.2) is 0 Å². The maximum absolute atomic E-state index is 11.0. The molecule has 2 aromatic carbocycles. The standard InChI is InChI=1S/C16H12N4O4/c21-9-2-4-14-11(6-9)16(19-22)15(18-14)12-7-17-13-3-1-8(20(23)24)5-10(12)13/h1-6,18-19,21-22H,7H2. The van der Waals surface area contributed by atoms with Gasteiger partial charge in [0, 0.05) is 33.8 Å². The van der Waals surface area contributed by atoms with Gasteiger partial charge in [-0.05, 0) is 24.3 Å². The summed E-state index contributed by atoms with van der Waals surface area (Å²) in [4.78, 5) is 18.1. The molecular formula is C16H12N4O4. The molecule has 0 radical (unpaired) electrons. The van der Waals surface area contributed by atoms with Crippen LogP contribution in [0.1, 0.15) is 5.69 Å². The molecule has 8 nitrogen and oxygen atoms in total. The fourth-order valence-corrected chi connectivity index (χ4v) is 3.00. The van der Waals surface area contributed by atoms with Gasteiger partial charge in [0.25, 0.3) is 5.69 Å². The minimum Gasteiger partial charge on any atom is -0.508 e. The van der Waals surface area contributed by atoms with Crippen molar-refractivity contribution in [1.29, 1.82) is 0 Å². The number of rotatable bonds is 3. The predicted molar refractivity (Wildman–Crippen MR) is 86.6 cm³/mol. The summed E-state index contributed by atoms with van der Waals surface area (Å²) < 4.78 is 0. The van der Waals surface area contributed by atoms with Gasteiger partial charge in [-0.25, -0.2) is 0 Å². The molecule has 4 N–H and O–H groups in total. The molecule has 24 heavy (non-hydrogen) atoms. The fraction of sp³-hybridized carbons (Fsp3) is 0.0625. The third-order valence-corrected chi connectivity index (χ3v) is 4.12. The zero-order valence-corrected chi connectivity index (χ0v) is 12.3. The highest BCUT2D eigenvalue weighted by Gasteiger charge is 2.19. The lowest BCUT2D eigenvalue weighted by molar-refractivity contribution is -0.385. The van der Waals surface area contributed by atoms with Crippen molar-refractivity contribution in [3.63, 3.8) is 0 Å². The van der Waals surface area contributed by atoms with Crippen LogP contribution in [0.5, 0.6) is 5.75 Å². The van der Waals surface area contributed by atoms with Crippen LogP contribution in [-0.4, -0.2) is 26.8 Å². The maximum atomic E-state index is 11.0. The number of aromatic hydroxyl groups is 1. The largest absolute Gasteiger partial charge is 0.508 e. The van der Waals surface area contributed by atoms with E-state index >= 15 is 0 Å². The molecular weight excluding hydrogens is 312 g/mol. The third kappa shape index (κ3) is 2.01. The normalized spacial score (nSPS) is 13.0. The molecule has 0 bridgehead atoms. The molecule has 4 rings (SSSR count). The molecule has 0 amide bonds. The number of aromatic amines is 1. The number of phenolic OH excluding ortho intramolecular Hbond substituents is 1. The molecule has 0 saturated carbocycles. The molecule has 0 atom stereocenters. The number of benzene rings is 2. The smallest absolute Gasteiger partial charge is 0.270 e. The Hall–Kier alpha value is -3.39. The summed E-state index contributed by atoms with van der Waals surface area (Å²) in [6.07, 6.45) is 0. The summed E-state index contributed by atoms with van der Waals surface area (Å²) in [5.74, 6) is 0.0710. The van der Waals surface area contributed by atoms with Gasteiger partial charge < -0.3 is 10.1 Å². The van der Waals surface area contributed by atoms with E-state index in [4.69, 9.17) is 0 Å². The van der Waals surface area contributed by atoms with E-state index in [1.165, 1.54) is 24.3 Å². The molecule has 0 saturated heterocycles. The van der Waals surface area contributed by atoms with Crippen LogP contribution in [0.4, 0.5) is 11.4 Å². The van der Waals surface area contributed by atoms with Gasteiger partial charge in [0.1, 0.15) is 5.75 Å². The van der Waals surface area contributed by atoms with Crippen LogP contribution < -0.4 is 16.1 Å². The first kappa shape index (κ1) is 14.2. The molecule has 3 aromatic rings. The van der Waals surface area contributed by atoms with E-state index in [0.717, 1.165) is 5.57 Å². The molecule has 2 heterocycles. The van der Waals surface area contributed by atoms with E-state index in [1.54, 1.807) is 12.1 Å². The molecule has 1 aliphatic rings. The first-order valence-electron chi connectivity index (χ1n) is 7.16. The zero-order valence-electron chi connectivity index (χ0n) is 12.3. The quantitative estimate of drug-likeness (QED) is 0.428. The fourth-order valence-electron chi connectivity index (χ4n) is 3.00. The minimum absolute atomic E-state index is 0.0180. The molecule has 1 aliphatic heterocycles. The topological polar surface area (TPSA) is 124 Å². The maximum Gasteiger partial charge on any atom is 0.270 e. The lowest BCUT2D eigenvalue weighted by Gasteiger charge is -2.03. The average molecular weight is 324 g/mol. The number of nitrogens with one attached hydrogen (secondary N) is 2. The van der Waals surface area contributed by atoms with E-state index in [1.807, 2.05) is 0 Å². The summed E-state index contributed by atoms with van der Waals surface area (Å²) in [5, 5.41) is 32.2. The molecule has 120 valence electrons. The van der Waals surface area contributed by atoms with E-state index in [9.17, 15) is 20.4 Å². The van der Waals surface area contributed by atoms with Crippen molar-refractivity contribution >= 4 is 27.9 Å². The third-order valence-electron chi connectivity index (χ3n) is 4.12. The van der Waals surface area contributed by atoms with Crippen LogP contribution in [-0.2, 0) is 0 Å². The van der Waals surface area contributed by atoms with Crippen LogP contribution in [0, 0.1) is 10.1 Å². The zero-order chi connectivity index (χ0) is 16.8. The molecule has 0 aliphatic carbocycles. The van der Waals surface area contributed by atoms with E-state index in [0.29, 0.717) is 39.4 Å². The van der Waals surface area contributed by atoms with Gasteiger partial charge in [-0.2, -0.15) is 0 Å². The van der Waals surface area contributed by atoms with Gasteiger partial charge in [0.05, 0.1) is 28.2 Å². The summed E-state index contributed by atoms with van der Waals surface area (Å²) >= 11 is 0. The average Bonchev–Trinajstić information content (AvgIpc) is 3.14. The number of phenols is 1. The number of nitro benzene ring substituents is 1. The molecule has 1 aromatic heterocycles. The Labute approximate surface area is 134 Å². The summed E-state index contributed by atoms with van der Waals surface area (Å²) in [6, 6.07) is 9.25. The Morgan fingerprint density at radius 1 is 1.25 bits per heavy atom. The Morgan fingerprint density at radius 2 is 2.08 bits per heavy atom. The highest BCUT2D eigenvalue weighted by atomic mass is 16.6. The highest BCUT2D eigenvalue weighted by molar-refractivity contribution is 5.99. The molecule has 0 spiro atoms. The number of fused-ring (bicyclic) bond motifs is 2. The van der Waals surface area contributed by atoms with Gasteiger partial charge in [0.2, 0.25) is 0 Å². The number of H-pyrrole nitrogens is 1. The predicted octanol–water partition coefficient (Wildman–Crippen LogP) is 1.41. The minimum atomic E-state index is -0.454. The van der Waals surface area contributed by atoms with Crippen molar-refractivity contribution in [2.24, 2.45) is 4.99 Å². The highest BCUT2D eigenvalue weighted by Crippen LogP contribution is 2.33. The van der Waals surface area contributed by atoms with Crippen molar-refractivity contribution in [3.8, 4) is 5.75 Å². The summed E-state index contributed by atoms with van der Waals surface area (Å²) in [5.41, 5.74) is 4.56. The Bertz CT molecular complexity index is 1120. The molecule has 8 heteroatoms. The number of non-ortho nitro benzene ring substituents is 1. The van der Waals surface area contributed by atoms with Crippen molar-refractivity contribution < 1.29 is 15.2 Å². The van der Waals surface area contributed by atoms with Gasteiger partial charge in [-0.3, -0.25) is 25.8 Å². The van der Waals surface area contributed by atoms with Crippen molar-refractivity contribution in [2.75, 3.05) is 12.0 Å². The summed E-state index contributed by atoms with van der Waals surface area (Å²) in [7, 11) is 0. The molecule has 0 unspecified atom stereocenters. The van der Waals surface area contributed by atoms with Crippen molar-refractivity contribution in [2.45, 2.75) is 0 Å². The number of aromatic nitrogens is 1. The van der Waals surface area contributed by atoms with Gasteiger partial charge >= 0.3 is 0 Å². The lowest BCUT2D eigenvalue weighted by Crippen LogP contribution is -2.23. The second-order valence-corrected chi connectivity index (χ2v) is 5.47. The molecule has 0 fully saturated rings. The monoisotopic (exact) mass is 324 g/mol. The van der Waals surface area contributed by atoms with Gasteiger partial charge in [-0.15, -0.1) is 0 Å². The second kappa shape index (κ2) is 5.07. The van der Waals surface area contributed by atoms with E-state index in [2.05, 4.69) is 15.5 Å². The van der Waals surface area contributed by atoms with E-state index in [-0.39, 0.29) is 11.4 Å². The first-order chi connectivity index (χ1) is 11.6. The van der Waals surface area contributed by atoms with Crippen molar-refractivity contribution in [1.82, 2.24) is 4.98 Å². The van der Waals surface area contributed by atoms with Crippen molar-refractivity contribution in [3.05, 3.63) is 62.8 Å². The van der Waals surface area contributed by atoms with Crippen LogP contribution >= 0.6 is 0 Å². The first-order valence-corrected chi connectivity index (χ1v) is 7.16. The lowest BCUT2D eigenvalue weighted by atomic mass is 10.1. The SMILES string of the molecule is O=[N+]([O-])c1ccc2c(c1)=C(c1[nH]c3ccc(O)cc3c1NO)CN=2. The Balaban J connectivity index is 2.04. The van der Waals surface area contributed by atoms with Crippen LogP contribution in [0.2, 0.25) is 0 Å². The van der Waals surface area contributed by atoms with Gasteiger partial charge in [-0.1, -0.05) is 0 Å². The number of hydrogen-bond acceptors (Lipinski definition) is 6. The van der Waals surface area contributed by atoms with E-state index < -0.39 is 4.92 Å². The second-order valence-electron chi connectivity index (χ2n) is 5.47. The Morgan fingerprint density at radius 3 is 2.83 bits per heavy atom. The number of anilines is 1. The number of nitrogens with zero attached hydrogens (tertiary/aromatic N) is 2.